The number of nitrogens with one attached hydrogen (secondary N) is 2. The van der Waals surface area contributed by atoms with E-state index in [9.17, 15) is 0 Å². The molecule has 4 heteroatoms. The van der Waals surface area contributed by atoms with Gasteiger partial charge in [-0.05, 0) is 30.6 Å². The highest BCUT2D eigenvalue weighted by Crippen LogP contribution is 2.34. The van der Waals surface area contributed by atoms with Crippen molar-refractivity contribution in [1.29, 1.82) is 0 Å². The molecule has 1 atom stereocenters. The van der Waals surface area contributed by atoms with Crippen LogP contribution in [0, 0.1) is 10.8 Å². The van der Waals surface area contributed by atoms with Gasteiger partial charge in [-0.2, -0.15) is 15.4 Å². The van der Waals surface area contributed by atoms with Crippen LogP contribution in [0.1, 0.15) is 109 Å². The van der Waals surface area contributed by atoms with Crippen LogP contribution >= 0.6 is 0 Å². The van der Waals surface area contributed by atoms with Gasteiger partial charge in [0.05, 0.1) is 11.9 Å². The molecule has 0 spiro atoms. The van der Waals surface area contributed by atoms with Crippen molar-refractivity contribution >= 4 is 0 Å². The second kappa shape index (κ2) is 11.1. The number of hydrogen-bond acceptors (Lipinski definition) is 3. The van der Waals surface area contributed by atoms with Crippen molar-refractivity contribution < 1.29 is 0 Å². The molecule has 1 aromatic heterocycles. The van der Waals surface area contributed by atoms with Crippen molar-refractivity contribution in [2.45, 2.75) is 114 Å². The van der Waals surface area contributed by atoms with Crippen molar-refractivity contribution in [2.24, 2.45) is 10.8 Å². The molecule has 1 fully saturated rings. The Morgan fingerprint density at radius 1 is 0.923 bits per heavy atom. The molecule has 1 aliphatic rings. The third-order valence-corrected chi connectivity index (χ3v) is 3.78. The predicted molar refractivity (Wildman–Crippen MR) is 117 cm³/mol. The highest BCUT2D eigenvalue weighted by Gasteiger charge is 2.39. The largest absolute Gasteiger partial charge is 0.308 e. The summed E-state index contributed by atoms with van der Waals surface area (Å²) in [6.07, 6.45) is 4.21. The van der Waals surface area contributed by atoms with Gasteiger partial charge in [0, 0.05) is 17.5 Å². The second-order valence-electron chi connectivity index (χ2n) is 10.1. The first-order valence-corrected chi connectivity index (χ1v) is 10.3. The highest BCUT2D eigenvalue weighted by atomic mass is 15.3. The zero-order chi connectivity index (χ0) is 21.2. The predicted octanol–water partition coefficient (Wildman–Crippen LogP) is 6.36. The maximum Gasteiger partial charge on any atom is 0.0880 e. The van der Waals surface area contributed by atoms with E-state index in [1.165, 1.54) is 13.0 Å². The summed E-state index contributed by atoms with van der Waals surface area (Å²) in [5.41, 5.74) is 2.44. The molecule has 1 unspecified atom stereocenters. The van der Waals surface area contributed by atoms with Gasteiger partial charge < -0.3 is 5.32 Å². The monoisotopic (exact) mass is 368 g/mol. The van der Waals surface area contributed by atoms with Crippen LogP contribution in [0.2, 0.25) is 0 Å². The lowest BCUT2D eigenvalue weighted by Crippen LogP contribution is -2.25. The van der Waals surface area contributed by atoms with Crippen LogP contribution in [0.4, 0.5) is 0 Å². The fraction of sp³-hybridized carbons (Fsp3) is 0.909. The van der Waals surface area contributed by atoms with Gasteiger partial charge in [0.2, 0.25) is 0 Å². The third-order valence-electron chi connectivity index (χ3n) is 3.78. The Morgan fingerprint density at radius 3 is 1.62 bits per heavy atom. The summed E-state index contributed by atoms with van der Waals surface area (Å²) >= 11 is 0. The van der Waals surface area contributed by atoms with Crippen LogP contribution in [0.25, 0.3) is 0 Å². The number of aromatic amines is 1. The van der Waals surface area contributed by atoms with E-state index in [-0.39, 0.29) is 5.41 Å². The number of nitrogens with zero attached hydrogens (tertiary/aromatic N) is 2. The summed E-state index contributed by atoms with van der Waals surface area (Å²) in [6.45, 7) is 29.5. The summed E-state index contributed by atoms with van der Waals surface area (Å²) in [4.78, 5) is 0. The van der Waals surface area contributed by atoms with E-state index >= 15 is 0 Å². The topological polar surface area (TPSA) is 63.5 Å². The minimum atomic E-state index is 0.102. The van der Waals surface area contributed by atoms with Gasteiger partial charge in [-0.15, -0.1) is 0 Å². The van der Waals surface area contributed by atoms with Crippen molar-refractivity contribution in [3.63, 3.8) is 0 Å². The lowest BCUT2D eigenvalue weighted by Gasteiger charge is -2.30. The van der Waals surface area contributed by atoms with Crippen LogP contribution in [0.15, 0.2) is 6.20 Å². The van der Waals surface area contributed by atoms with Crippen LogP contribution in [-0.2, 0) is 5.41 Å². The number of rotatable bonds is 3. The Morgan fingerprint density at radius 2 is 1.38 bits per heavy atom. The van der Waals surface area contributed by atoms with Gasteiger partial charge in [-0.1, -0.05) is 83.1 Å². The highest BCUT2D eigenvalue weighted by molar-refractivity contribution is 5.08. The van der Waals surface area contributed by atoms with Crippen molar-refractivity contribution in [3.8, 4) is 0 Å². The Labute approximate surface area is 164 Å². The summed E-state index contributed by atoms with van der Waals surface area (Å²) < 4.78 is 0. The van der Waals surface area contributed by atoms with Gasteiger partial charge in [0.1, 0.15) is 0 Å². The molecule has 1 saturated heterocycles. The minimum absolute atomic E-state index is 0.102. The van der Waals surface area contributed by atoms with Gasteiger partial charge in [-0.3, -0.25) is 0 Å². The molecule has 0 aliphatic carbocycles. The van der Waals surface area contributed by atoms with Crippen LogP contribution in [-0.4, -0.2) is 27.5 Å². The van der Waals surface area contributed by atoms with E-state index in [1.807, 2.05) is 33.9 Å². The van der Waals surface area contributed by atoms with E-state index in [0.29, 0.717) is 16.4 Å². The van der Waals surface area contributed by atoms with Crippen LogP contribution < -0.4 is 5.32 Å². The van der Waals surface area contributed by atoms with Crippen LogP contribution in [0.5, 0.6) is 0 Å². The summed E-state index contributed by atoms with van der Waals surface area (Å²) in [5, 5.41) is 14.0. The smallest absolute Gasteiger partial charge is 0.0880 e. The van der Waals surface area contributed by atoms with Gasteiger partial charge in [0.25, 0.3) is 0 Å². The van der Waals surface area contributed by atoms with Crippen molar-refractivity contribution in [1.82, 2.24) is 20.7 Å². The SMILES string of the molecule is CC.CC.CC(C)(C)CC(C)(C)c1cn[nH]n1.CC(C)(C)CC1(C)CN1. The first kappa shape index (κ1) is 27.3. The van der Waals surface area contributed by atoms with E-state index in [0.717, 1.165) is 12.1 Å². The molecule has 156 valence electrons. The molecule has 1 aliphatic heterocycles. The minimum Gasteiger partial charge on any atom is -0.308 e. The molecule has 0 amide bonds. The summed E-state index contributed by atoms with van der Waals surface area (Å²) in [5.74, 6) is 0. The molecule has 4 nitrogen and oxygen atoms in total. The molecule has 2 heterocycles. The Hall–Kier alpha value is -0.900. The molecule has 26 heavy (non-hydrogen) atoms. The molecular formula is C22H48N4. The van der Waals surface area contributed by atoms with Gasteiger partial charge >= 0.3 is 0 Å². The summed E-state index contributed by atoms with van der Waals surface area (Å²) in [7, 11) is 0. The zero-order valence-electron chi connectivity index (χ0n) is 20.1. The first-order chi connectivity index (χ1) is 11.7. The Kier molecular flexibility index (Phi) is 11.6. The average Bonchev–Trinajstić information content (AvgIpc) is 2.97. The molecule has 0 radical (unpaired) electrons. The Balaban J connectivity index is 0. The number of H-pyrrole nitrogens is 1. The maximum atomic E-state index is 4.14. The van der Waals surface area contributed by atoms with E-state index in [4.69, 9.17) is 0 Å². The zero-order valence-corrected chi connectivity index (χ0v) is 20.1. The Bertz CT molecular complexity index is 440. The third kappa shape index (κ3) is 13.3. The number of aromatic nitrogens is 3. The fourth-order valence-corrected chi connectivity index (χ4v) is 3.39. The first-order valence-electron chi connectivity index (χ1n) is 10.3. The fourth-order valence-electron chi connectivity index (χ4n) is 3.39. The standard InChI is InChI=1S/C10H19N3.C8H17N.2C2H6/c1-9(2,3)7-10(4,5)8-6-11-13-12-8;1-7(2,3)5-8(4)6-9-8;2*1-2/h6H,7H2,1-5H3,(H,11,12,13);9H,5-6H2,1-4H3;2*1-2H3. The second-order valence-corrected chi connectivity index (χ2v) is 10.1. The molecular weight excluding hydrogens is 320 g/mol. The maximum absolute atomic E-state index is 4.14. The lowest BCUT2D eigenvalue weighted by atomic mass is 9.75. The van der Waals surface area contributed by atoms with Crippen LogP contribution in [0.3, 0.4) is 0 Å². The van der Waals surface area contributed by atoms with E-state index < -0.39 is 0 Å². The molecule has 0 saturated carbocycles. The molecule has 2 N–H and O–H groups in total. The molecule has 0 aromatic carbocycles. The van der Waals surface area contributed by atoms with E-state index in [1.54, 1.807) is 0 Å². The van der Waals surface area contributed by atoms with Gasteiger partial charge in [-0.25, -0.2) is 0 Å². The molecule has 1 aromatic rings. The molecule has 0 bridgehead atoms. The lowest BCUT2D eigenvalue weighted by molar-refractivity contribution is 0.279. The number of hydrogen-bond donors (Lipinski definition) is 2. The summed E-state index contributed by atoms with van der Waals surface area (Å²) in [6, 6.07) is 0. The normalized spacial score (nSPS) is 19.1. The van der Waals surface area contributed by atoms with Crippen molar-refractivity contribution in [3.05, 3.63) is 11.9 Å². The van der Waals surface area contributed by atoms with Gasteiger partial charge in [0.15, 0.2) is 0 Å². The van der Waals surface area contributed by atoms with E-state index in [2.05, 4.69) is 83.0 Å². The van der Waals surface area contributed by atoms with Crippen molar-refractivity contribution in [2.75, 3.05) is 6.54 Å². The molecule has 2 rings (SSSR count). The average molecular weight is 369 g/mol. The quantitative estimate of drug-likeness (QED) is 0.610.